The van der Waals surface area contributed by atoms with Crippen LogP contribution < -0.4 is 15.5 Å². The van der Waals surface area contributed by atoms with E-state index < -0.39 is 17.8 Å². The van der Waals surface area contributed by atoms with Gasteiger partial charge in [-0.05, 0) is 66.1 Å². The maximum absolute atomic E-state index is 12.9. The Labute approximate surface area is 230 Å². The Morgan fingerprint density at radius 3 is 2.58 bits per heavy atom. The lowest BCUT2D eigenvalue weighted by atomic mass is 10.2. The zero-order valence-electron chi connectivity index (χ0n) is 19.7. The van der Waals surface area contributed by atoms with Crippen molar-refractivity contribution in [2.75, 3.05) is 0 Å². The highest BCUT2D eigenvalue weighted by Crippen LogP contribution is 2.22. The minimum absolute atomic E-state index is 0.0161. The standard InChI is InChI=1S/C28H20BrN3O5S/c29-21-10-12-25(37-26(33)13-11-22-8-4-14-36-22)20(16-21)18-30-32-28(35)24(17-23-9-5-15-38-23)31-27(34)19-6-2-1-3-7-19/h1-18H,(H,31,34)(H,32,35)/b13-11+,24-17-,30-18+. The van der Waals surface area contributed by atoms with Crippen molar-refractivity contribution in [3.63, 3.8) is 0 Å². The SMILES string of the molecule is O=C(/C=C/c1ccco1)Oc1ccc(Br)cc1/C=N/NC(=O)/C(=C/c1cccs1)NC(=O)c1ccccc1. The molecule has 0 saturated heterocycles. The van der Waals surface area contributed by atoms with Crippen molar-refractivity contribution in [3.8, 4) is 5.75 Å². The van der Waals surface area contributed by atoms with Gasteiger partial charge in [-0.3, -0.25) is 9.59 Å². The summed E-state index contributed by atoms with van der Waals surface area (Å²) in [4.78, 5) is 38.6. The van der Waals surface area contributed by atoms with E-state index in [9.17, 15) is 14.4 Å². The van der Waals surface area contributed by atoms with Gasteiger partial charge in [0.25, 0.3) is 11.8 Å². The molecule has 2 heterocycles. The van der Waals surface area contributed by atoms with Gasteiger partial charge in [0.1, 0.15) is 17.2 Å². The number of thiophene rings is 1. The molecule has 0 radical (unpaired) electrons. The highest BCUT2D eigenvalue weighted by molar-refractivity contribution is 9.10. The molecule has 4 aromatic rings. The summed E-state index contributed by atoms with van der Waals surface area (Å²) in [5.74, 6) is -0.947. The Bertz CT molecular complexity index is 1490. The van der Waals surface area contributed by atoms with Gasteiger partial charge in [0, 0.05) is 26.6 Å². The third-order valence-corrected chi connectivity index (χ3v) is 6.15. The number of hydrazone groups is 1. The van der Waals surface area contributed by atoms with Crippen molar-refractivity contribution in [1.29, 1.82) is 0 Å². The smallest absolute Gasteiger partial charge is 0.336 e. The summed E-state index contributed by atoms with van der Waals surface area (Å²) in [5, 5.41) is 8.51. The fourth-order valence-electron chi connectivity index (χ4n) is 3.07. The van der Waals surface area contributed by atoms with Gasteiger partial charge in [-0.2, -0.15) is 5.10 Å². The summed E-state index contributed by atoms with van der Waals surface area (Å²) in [6, 6.07) is 20.6. The predicted octanol–water partition coefficient (Wildman–Crippen LogP) is 5.64. The number of amides is 2. The van der Waals surface area contributed by atoms with Gasteiger partial charge in [0.15, 0.2) is 0 Å². The lowest BCUT2D eigenvalue weighted by Crippen LogP contribution is -2.32. The van der Waals surface area contributed by atoms with E-state index in [0.29, 0.717) is 21.4 Å². The number of ether oxygens (including phenoxy) is 1. The minimum atomic E-state index is -0.631. The molecular weight excluding hydrogens is 570 g/mol. The van der Waals surface area contributed by atoms with Gasteiger partial charge < -0.3 is 14.5 Å². The molecule has 0 unspecified atom stereocenters. The molecule has 2 aromatic heterocycles. The van der Waals surface area contributed by atoms with Crippen molar-refractivity contribution < 1.29 is 23.5 Å². The molecule has 190 valence electrons. The van der Waals surface area contributed by atoms with Crippen LogP contribution in [0, 0.1) is 0 Å². The van der Waals surface area contributed by atoms with Gasteiger partial charge in [0.2, 0.25) is 0 Å². The first kappa shape index (κ1) is 26.5. The molecule has 8 nitrogen and oxygen atoms in total. The van der Waals surface area contributed by atoms with E-state index in [2.05, 4.69) is 31.8 Å². The molecule has 0 atom stereocenters. The van der Waals surface area contributed by atoms with Gasteiger partial charge in [0.05, 0.1) is 12.5 Å². The topological polar surface area (TPSA) is 110 Å². The molecule has 0 fully saturated rings. The fourth-order valence-corrected chi connectivity index (χ4v) is 4.11. The Balaban J connectivity index is 1.47. The molecular formula is C28H20BrN3O5S. The lowest BCUT2D eigenvalue weighted by molar-refractivity contribution is -0.129. The van der Waals surface area contributed by atoms with E-state index in [1.807, 2.05) is 17.5 Å². The molecule has 10 heteroatoms. The summed E-state index contributed by atoms with van der Waals surface area (Å²) < 4.78 is 11.3. The number of rotatable bonds is 9. The number of carbonyl (C=O) groups excluding carboxylic acids is 3. The van der Waals surface area contributed by atoms with Gasteiger partial charge >= 0.3 is 5.97 Å². The molecule has 2 amide bonds. The first-order valence-electron chi connectivity index (χ1n) is 11.2. The number of esters is 1. The second kappa shape index (κ2) is 13.1. The number of nitrogens with zero attached hydrogens (tertiary/aromatic N) is 1. The van der Waals surface area contributed by atoms with Crippen molar-refractivity contribution >= 4 is 63.4 Å². The Kier molecular flexibility index (Phi) is 9.17. The Hall–Kier alpha value is -4.54. The van der Waals surface area contributed by atoms with Crippen LogP contribution in [0.4, 0.5) is 0 Å². The van der Waals surface area contributed by atoms with Crippen LogP contribution >= 0.6 is 27.3 Å². The van der Waals surface area contributed by atoms with E-state index in [1.165, 1.54) is 36.0 Å². The average Bonchev–Trinajstić information content (AvgIpc) is 3.63. The van der Waals surface area contributed by atoms with Crippen LogP contribution in [0.15, 0.2) is 110 Å². The number of hydrogen-bond acceptors (Lipinski definition) is 7. The number of furan rings is 1. The molecule has 0 saturated carbocycles. The summed E-state index contributed by atoms with van der Waals surface area (Å²) in [6.45, 7) is 0. The Morgan fingerprint density at radius 2 is 1.84 bits per heavy atom. The monoisotopic (exact) mass is 589 g/mol. The second-order valence-electron chi connectivity index (χ2n) is 7.54. The minimum Gasteiger partial charge on any atom is -0.465 e. The number of benzene rings is 2. The summed E-state index contributed by atoms with van der Waals surface area (Å²) in [5.41, 5.74) is 3.26. The first-order valence-corrected chi connectivity index (χ1v) is 12.8. The summed E-state index contributed by atoms with van der Waals surface area (Å²) in [6.07, 6.45) is 7.12. The number of carbonyl (C=O) groups is 3. The lowest BCUT2D eigenvalue weighted by Gasteiger charge is -2.09. The van der Waals surface area contributed by atoms with E-state index in [0.717, 1.165) is 4.88 Å². The number of nitrogens with one attached hydrogen (secondary N) is 2. The molecule has 2 aromatic carbocycles. The third kappa shape index (κ3) is 7.73. The van der Waals surface area contributed by atoms with Gasteiger partial charge in [-0.25, -0.2) is 10.2 Å². The van der Waals surface area contributed by atoms with Gasteiger partial charge in [-0.1, -0.05) is 40.2 Å². The zero-order valence-corrected chi connectivity index (χ0v) is 22.1. The molecule has 2 N–H and O–H groups in total. The maximum atomic E-state index is 12.9. The van der Waals surface area contributed by atoms with Crippen LogP contribution in [0.3, 0.4) is 0 Å². The van der Waals surface area contributed by atoms with E-state index in [-0.39, 0.29) is 11.4 Å². The van der Waals surface area contributed by atoms with Crippen molar-refractivity contribution in [3.05, 3.63) is 122 Å². The normalized spacial score (nSPS) is 11.6. The highest BCUT2D eigenvalue weighted by Gasteiger charge is 2.15. The number of hydrogen-bond donors (Lipinski definition) is 2. The van der Waals surface area contributed by atoms with E-state index in [1.54, 1.807) is 66.7 Å². The first-order chi connectivity index (χ1) is 18.5. The third-order valence-electron chi connectivity index (χ3n) is 4.84. The van der Waals surface area contributed by atoms with Crippen LogP contribution in [0.25, 0.3) is 12.2 Å². The number of halogens is 1. The quantitative estimate of drug-likeness (QED) is 0.0862. The molecule has 0 aliphatic carbocycles. The van der Waals surface area contributed by atoms with Crippen molar-refractivity contribution in [2.45, 2.75) is 0 Å². The molecule has 0 bridgehead atoms. The zero-order chi connectivity index (χ0) is 26.7. The van der Waals surface area contributed by atoms with Crippen molar-refractivity contribution in [1.82, 2.24) is 10.7 Å². The fraction of sp³-hybridized carbons (Fsp3) is 0. The summed E-state index contributed by atoms with van der Waals surface area (Å²) >= 11 is 4.79. The van der Waals surface area contributed by atoms with E-state index >= 15 is 0 Å². The molecule has 38 heavy (non-hydrogen) atoms. The average molecular weight is 590 g/mol. The van der Waals surface area contributed by atoms with Crippen LogP contribution in [0.5, 0.6) is 5.75 Å². The van der Waals surface area contributed by atoms with E-state index in [4.69, 9.17) is 9.15 Å². The molecule has 4 rings (SSSR count). The predicted molar refractivity (Wildman–Crippen MR) is 149 cm³/mol. The largest absolute Gasteiger partial charge is 0.465 e. The van der Waals surface area contributed by atoms with Crippen LogP contribution in [0.2, 0.25) is 0 Å². The second-order valence-corrected chi connectivity index (χ2v) is 9.44. The highest BCUT2D eigenvalue weighted by atomic mass is 79.9. The van der Waals surface area contributed by atoms with Crippen molar-refractivity contribution in [2.24, 2.45) is 5.10 Å². The molecule has 0 aliphatic heterocycles. The van der Waals surface area contributed by atoms with Crippen LogP contribution in [-0.4, -0.2) is 24.0 Å². The van der Waals surface area contributed by atoms with Crippen LogP contribution in [-0.2, 0) is 9.59 Å². The van der Waals surface area contributed by atoms with Crippen LogP contribution in [0.1, 0.15) is 26.6 Å². The Morgan fingerprint density at radius 1 is 1.00 bits per heavy atom. The molecule has 0 aliphatic rings. The maximum Gasteiger partial charge on any atom is 0.336 e. The van der Waals surface area contributed by atoms with Gasteiger partial charge in [-0.15, -0.1) is 11.3 Å². The molecule has 0 spiro atoms. The summed E-state index contributed by atoms with van der Waals surface area (Å²) in [7, 11) is 0.